The number of nitrogens with zero attached hydrogens (tertiary/aromatic N) is 1. The van der Waals surface area contributed by atoms with Crippen LogP contribution in [0.15, 0.2) is 91.0 Å². The van der Waals surface area contributed by atoms with Crippen LogP contribution in [0.2, 0.25) is 0 Å². The summed E-state index contributed by atoms with van der Waals surface area (Å²) in [7, 11) is 2.09. The van der Waals surface area contributed by atoms with E-state index in [1.165, 1.54) is 28.1 Å². The molecule has 0 heterocycles. The number of para-hydroxylation sites is 1. The summed E-state index contributed by atoms with van der Waals surface area (Å²) in [6, 6.07) is 27.5. The van der Waals surface area contributed by atoms with E-state index in [1.807, 2.05) is 6.07 Å². The van der Waals surface area contributed by atoms with Gasteiger partial charge in [0, 0.05) is 18.4 Å². The zero-order valence-corrected chi connectivity index (χ0v) is 14.8. The first kappa shape index (κ1) is 16.8. The van der Waals surface area contributed by atoms with Gasteiger partial charge in [-0.3, -0.25) is 0 Å². The Kier molecular flexibility index (Phi) is 5.48. The molecule has 0 saturated carbocycles. The van der Waals surface area contributed by atoms with Crippen LogP contribution in [0.1, 0.15) is 16.7 Å². The maximum absolute atomic E-state index is 2.19. The third-order valence-corrected chi connectivity index (χ3v) is 4.19. The topological polar surface area (TPSA) is 3.24 Å². The van der Waals surface area contributed by atoms with Gasteiger partial charge in [0.1, 0.15) is 0 Å². The van der Waals surface area contributed by atoms with Gasteiger partial charge in [0.05, 0.1) is 0 Å². The molecule has 0 aliphatic heterocycles. The standard InChI is InChI=1S/C24H23N/c1-20-12-14-21(15-13-20)8-6-7-9-22-16-18-24(19-17-22)25(2)23-10-4-3-5-11-23/h3-19H,1-2H3. The van der Waals surface area contributed by atoms with Gasteiger partial charge in [0.15, 0.2) is 0 Å². The molecule has 0 atom stereocenters. The molecule has 0 aliphatic rings. The maximum Gasteiger partial charge on any atom is 0.0408 e. The molecule has 0 saturated heterocycles. The van der Waals surface area contributed by atoms with Gasteiger partial charge in [0.25, 0.3) is 0 Å². The molecule has 3 aromatic carbocycles. The normalized spacial score (nSPS) is 11.3. The minimum absolute atomic E-state index is 1.18. The third-order valence-electron chi connectivity index (χ3n) is 4.19. The number of hydrogen-bond donors (Lipinski definition) is 0. The maximum atomic E-state index is 2.19. The molecule has 0 spiro atoms. The van der Waals surface area contributed by atoms with Crippen molar-refractivity contribution < 1.29 is 0 Å². The Morgan fingerprint density at radius 2 is 1.08 bits per heavy atom. The molecule has 0 amide bonds. The molecule has 1 nitrogen and oxygen atoms in total. The molecule has 25 heavy (non-hydrogen) atoms. The van der Waals surface area contributed by atoms with Crippen LogP contribution in [0.5, 0.6) is 0 Å². The lowest BCUT2D eigenvalue weighted by atomic mass is 10.1. The quantitative estimate of drug-likeness (QED) is 0.485. The molecule has 0 aliphatic carbocycles. The van der Waals surface area contributed by atoms with Crippen molar-refractivity contribution >= 4 is 23.5 Å². The predicted octanol–water partition coefficient (Wildman–Crippen LogP) is 6.49. The zero-order chi connectivity index (χ0) is 17.5. The second-order valence-corrected chi connectivity index (χ2v) is 6.12. The first-order valence-electron chi connectivity index (χ1n) is 8.53. The summed E-state index contributed by atoms with van der Waals surface area (Å²) in [4.78, 5) is 2.19. The van der Waals surface area contributed by atoms with Crippen molar-refractivity contribution in [2.45, 2.75) is 6.92 Å². The number of hydrogen-bond acceptors (Lipinski definition) is 1. The Labute approximate surface area is 150 Å². The molecule has 0 aromatic heterocycles. The average Bonchev–Trinajstić information content (AvgIpc) is 2.67. The van der Waals surface area contributed by atoms with E-state index in [2.05, 4.69) is 116 Å². The van der Waals surface area contributed by atoms with Gasteiger partial charge in [-0.1, -0.05) is 84.5 Å². The first-order chi connectivity index (χ1) is 12.2. The second kappa shape index (κ2) is 8.16. The summed E-state index contributed by atoms with van der Waals surface area (Å²) in [6.45, 7) is 2.10. The van der Waals surface area contributed by atoms with Gasteiger partial charge in [-0.05, 0) is 42.3 Å². The van der Waals surface area contributed by atoms with Crippen LogP contribution in [0, 0.1) is 6.92 Å². The lowest BCUT2D eigenvalue weighted by Gasteiger charge is -2.19. The van der Waals surface area contributed by atoms with Gasteiger partial charge < -0.3 is 4.90 Å². The number of aryl methyl sites for hydroxylation is 1. The lowest BCUT2D eigenvalue weighted by Crippen LogP contribution is -2.08. The van der Waals surface area contributed by atoms with E-state index in [-0.39, 0.29) is 0 Å². The Bertz CT molecular complexity index is 841. The Morgan fingerprint density at radius 3 is 1.64 bits per heavy atom. The molecule has 1 heteroatoms. The molecule has 0 radical (unpaired) electrons. The summed E-state index contributed by atoms with van der Waals surface area (Å²) >= 11 is 0. The van der Waals surface area contributed by atoms with Gasteiger partial charge >= 0.3 is 0 Å². The highest BCUT2D eigenvalue weighted by molar-refractivity contribution is 5.65. The fourth-order valence-corrected chi connectivity index (χ4v) is 2.62. The van der Waals surface area contributed by atoms with E-state index < -0.39 is 0 Å². The van der Waals surface area contributed by atoms with E-state index in [0.29, 0.717) is 0 Å². The SMILES string of the molecule is Cc1ccc(C=CC=Cc2ccc(N(C)c3ccccc3)cc2)cc1. The van der Waals surface area contributed by atoms with Crippen molar-refractivity contribution in [2.75, 3.05) is 11.9 Å². The number of rotatable bonds is 5. The predicted molar refractivity (Wildman–Crippen MR) is 110 cm³/mol. The van der Waals surface area contributed by atoms with Gasteiger partial charge in [0.2, 0.25) is 0 Å². The first-order valence-corrected chi connectivity index (χ1v) is 8.53. The summed E-state index contributed by atoms with van der Waals surface area (Å²) < 4.78 is 0. The van der Waals surface area contributed by atoms with Crippen LogP contribution in [-0.2, 0) is 0 Å². The molecular formula is C24H23N. The average molecular weight is 325 g/mol. The van der Waals surface area contributed by atoms with E-state index in [4.69, 9.17) is 0 Å². The number of benzene rings is 3. The van der Waals surface area contributed by atoms with E-state index in [9.17, 15) is 0 Å². The van der Waals surface area contributed by atoms with Gasteiger partial charge in [-0.25, -0.2) is 0 Å². The Morgan fingerprint density at radius 1 is 0.600 bits per heavy atom. The van der Waals surface area contributed by atoms with Crippen LogP contribution in [-0.4, -0.2) is 7.05 Å². The van der Waals surface area contributed by atoms with Gasteiger partial charge in [-0.2, -0.15) is 0 Å². The van der Waals surface area contributed by atoms with Crippen molar-refractivity contribution in [1.82, 2.24) is 0 Å². The molecule has 0 bridgehead atoms. The van der Waals surface area contributed by atoms with Crippen LogP contribution in [0.4, 0.5) is 11.4 Å². The van der Waals surface area contributed by atoms with Crippen molar-refractivity contribution in [3.05, 3.63) is 108 Å². The summed E-state index contributed by atoms with van der Waals surface area (Å²) in [5, 5.41) is 0. The van der Waals surface area contributed by atoms with Crippen LogP contribution in [0.25, 0.3) is 12.2 Å². The monoisotopic (exact) mass is 325 g/mol. The van der Waals surface area contributed by atoms with Gasteiger partial charge in [-0.15, -0.1) is 0 Å². The fraction of sp³-hybridized carbons (Fsp3) is 0.0833. The van der Waals surface area contributed by atoms with Crippen molar-refractivity contribution in [1.29, 1.82) is 0 Å². The fourth-order valence-electron chi connectivity index (χ4n) is 2.62. The van der Waals surface area contributed by atoms with Crippen molar-refractivity contribution in [2.24, 2.45) is 0 Å². The number of allylic oxidation sites excluding steroid dienone is 2. The van der Waals surface area contributed by atoms with E-state index in [0.717, 1.165) is 0 Å². The smallest absolute Gasteiger partial charge is 0.0408 e. The zero-order valence-electron chi connectivity index (χ0n) is 14.8. The second-order valence-electron chi connectivity index (χ2n) is 6.12. The molecule has 0 fully saturated rings. The highest BCUT2D eigenvalue weighted by Gasteiger charge is 2.02. The molecule has 0 N–H and O–H groups in total. The van der Waals surface area contributed by atoms with Crippen LogP contribution in [0.3, 0.4) is 0 Å². The molecule has 3 rings (SSSR count). The third kappa shape index (κ3) is 4.71. The molecule has 0 unspecified atom stereocenters. The van der Waals surface area contributed by atoms with E-state index in [1.54, 1.807) is 0 Å². The minimum atomic E-state index is 1.18. The minimum Gasteiger partial charge on any atom is -0.345 e. The van der Waals surface area contributed by atoms with Crippen molar-refractivity contribution in [3.8, 4) is 0 Å². The summed E-state index contributed by atoms with van der Waals surface area (Å²) in [6.07, 6.45) is 8.40. The summed E-state index contributed by atoms with van der Waals surface area (Å²) in [5.41, 5.74) is 6.06. The Hall–Kier alpha value is -3.06. The molecule has 3 aromatic rings. The molecular weight excluding hydrogens is 302 g/mol. The van der Waals surface area contributed by atoms with Crippen LogP contribution < -0.4 is 4.90 Å². The van der Waals surface area contributed by atoms with Crippen molar-refractivity contribution in [3.63, 3.8) is 0 Å². The molecule has 124 valence electrons. The van der Waals surface area contributed by atoms with E-state index >= 15 is 0 Å². The Balaban J connectivity index is 1.63. The number of anilines is 2. The highest BCUT2D eigenvalue weighted by Crippen LogP contribution is 2.23. The van der Waals surface area contributed by atoms with Crippen LogP contribution >= 0.6 is 0 Å². The largest absolute Gasteiger partial charge is 0.345 e. The lowest BCUT2D eigenvalue weighted by molar-refractivity contribution is 1.21. The summed E-state index contributed by atoms with van der Waals surface area (Å²) in [5.74, 6) is 0. The highest BCUT2D eigenvalue weighted by atomic mass is 15.1.